The van der Waals surface area contributed by atoms with Crippen LogP contribution in [0.4, 0.5) is 20.2 Å². The fourth-order valence-corrected chi connectivity index (χ4v) is 3.65. The van der Waals surface area contributed by atoms with Crippen molar-refractivity contribution in [3.8, 4) is 0 Å². The van der Waals surface area contributed by atoms with Gasteiger partial charge in [-0.2, -0.15) is 0 Å². The van der Waals surface area contributed by atoms with E-state index in [1.165, 1.54) is 12.1 Å². The normalized spacial score (nSPS) is 22.7. The van der Waals surface area contributed by atoms with Crippen LogP contribution in [0.1, 0.15) is 17.9 Å². The highest BCUT2D eigenvalue weighted by Gasteiger charge is 2.40. The number of rotatable bonds is 1. The van der Waals surface area contributed by atoms with Crippen molar-refractivity contribution in [2.75, 3.05) is 18.0 Å². The van der Waals surface area contributed by atoms with Crippen molar-refractivity contribution in [3.63, 3.8) is 0 Å². The van der Waals surface area contributed by atoms with Gasteiger partial charge in [0.05, 0.1) is 0 Å². The lowest BCUT2D eigenvalue weighted by molar-refractivity contribution is 0.418. The largest absolute Gasteiger partial charge is 0.337 e. The Balaban J connectivity index is 0.00000144. The van der Waals surface area contributed by atoms with Crippen molar-refractivity contribution < 1.29 is 8.78 Å². The fraction of sp³-hybridized carbons (Fsp3) is 0.294. The molecule has 22 heavy (non-hydrogen) atoms. The van der Waals surface area contributed by atoms with Crippen LogP contribution in [0.5, 0.6) is 0 Å². The number of halogens is 3. The second-order valence-electron chi connectivity index (χ2n) is 5.72. The maximum atomic E-state index is 13.6. The van der Waals surface area contributed by atoms with Crippen molar-refractivity contribution in [1.82, 2.24) is 5.32 Å². The second kappa shape index (κ2) is 5.86. The molecule has 5 heteroatoms. The van der Waals surface area contributed by atoms with Gasteiger partial charge >= 0.3 is 0 Å². The molecule has 0 bridgehead atoms. The highest BCUT2D eigenvalue weighted by molar-refractivity contribution is 5.85. The molecule has 1 fully saturated rings. The van der Waals surface area contributed by atoms with Crippen LogP contribution >= 0.6 is 12.4 Å². The van der Waals surface area contributed by atoms with Crippen LogP contribution in [0.15, 0.2) is 42.5 Å². The van der Waals surface area contributed by atoms with Gasteiger partial charge in [0.25, 0.3) is 0 Å². The lowest BCUT2D eigenvalue weighted by atomic mass is 9.90. The molecule has 0 unspecified atom stereocenters. The predicted molar refractivity (Wildman–Crippen MR) is 86.2 cm³/mol. The van der Waals surface area contributed by atoms with Crippen molar-refractivity contribution >= 4 is 23.8 Å². The van der Waals surface area contributed by atoms with Crippen LogP contribution < -0.4 is 10.2 Å². The van der Waals surface area contributed by atoms with Crippen LogP contribution in [0.3, 0.4) is 0 Å². The van der Waals surface area contributed by atoms with E-state index in [2.05, 4.69) is 10.2 Å². The monoisotopic (exact) mass is 322 g/mol. The summed E-state index contributed by atoms with van der Waals surface area (Å²) in [5.41, 5.74) is 2.87. The van der Waals surface area contributed by atoms with Gasteiger partial charge in [-0.25, -0.2) is 8.78 Å². The molecule has 0 radical (unpaired) electrons. The molecule has 0 saturated carbocycles. The molecule has 116 valence electrons. The fourth-order valence-electron chi connectivity index (χ4n) is 3.65. The molecule has 2 aliphatic heterocycles. The number of hydrogen-bond donors (Lipinski definition) is 1. The summed E-state index contributed by atoms with van der Waals surface area (Å²) >= 11 is 0. The highest BCUT2D eigenvalue weighted by atomic mass is 35.5. The third kappa shape index (κ3) is 2.36. The van der Waals surface area contributed by atoms with Gasteiger partial charge in [-0.05, 0) is 54.9 Å². The first-order valence-corrected chi connectivity index (χ1v) is 7.29. The third-order valence-electron chi connectivity index (χ3n) is 4.51. The second-order valence-corrected chi connectivity index (χ2v) is 5.72. The first kappa shape index (κ1) is 15.3. The molecular formula is C17H17ClF2N2. The molecule has 2 nitrogen and oxygen atoms in total. The zero-order chi connectivity index (χ0) is 14.4. The summed E-state index contributed by atoms with van der Waals surface area (Å²) in [6.07, 6.45) is 0.970. The van der Waals surface area contributed by atoms with E-state index in [0.29, 0.717) is 0 Å². The van der Waals surface area contributed by atoms with Gasteiger partial charge in [0.1, 0.15) is 11.6 Å². The molecule has 0 aliphatic carbocycles. The lowest BCUT2D eigenvalue weighted by Gasteiger charge is -2.34. The summed E-state index contributed by atoms with van der Waals surface area (Å²) in [6, 6.07) is 11.8. The lowest BCUT2D eigenvalue weighted by Crippen LogP contribution is -2.42. The topological polar surface area (TPSA) is 15.3 Å². The predicted octanol–water partition coefficient (Wildman–Crippen LogP) is 3.98. The number of fused-ring (bicyclic) bond motifs is 3. The van der Waals surface area contributed by atoms with Crippen LogP contribution in [0, 0.1) is 11.6 Å². The van der Waals surface area contributed by atoms with E-state index in [9.17, 15) is 8.78 Å². The van der Waals surface area contributed by atoms with E-state index in [1.54, 1.807) is 18.2 Å². The first-order chi connectivity index (χ1) is 10.2. The molecule has 2 aromatic carbocycles. The Labute approximate surface area is 134 Å². The van der Waals surface area contributed by atoms with E-state index in [0.717, 1.165) is 36.4 Å². The quantitative estimate of drug-likeness (QED) is 0.854. The Hall–Kier alpha value is -1.65. The number of nitrogens with one attached hydrogen (secondary N) is 1. The molecule has 2 aromatic rings. The molecule has 0 spiro atoms. The summed E-state index contributed by atoms with van der Waals surface area (Å²) < 4.78 is 27.2. The SMILES string of the molecule is Cl.Fc1cccc(N2c3ccc(F)cc3[C@@H]3CNCC[C@H]32)c1. The zero-order valence-corrected chi connectivity index (χ0v) is 12.7. The van der Waals surface area contributed by atoms with Crippen molar-refractivity contribution in [3.05, 3.63) is 59.7 Å². The Morgan fingerprint density at radius 1 is 1.05 bits per heavy atom. The Morgan fingerprint density at radius 3 is 2.68 bits per heavy atom. The molecule has 2 atom stereocenters. The summed E-state index contributed by atoms with van der Waals surface area (Å²) in [4.78, 5) is 2.17. The summed E-state index contributed by atoms with van der Waals surface area (Å²) in [7, 11) is 0. The van der Waals surface area contributed by atoms with Crippen LogP contribution in [0.2, 0.25) is 0 Å². The minimum absolute atomic E-state index is 0. The van der Waals surface area contributed by atoms with Gasteiger partial charge in [0.15, 0.2) is 0 Å². The van der Waals surface area contributed by atoms with Gasteiger partial charge in [-0.15, -0.1) is 12.4 Å². The smallest absolute Gasteiger partial charge is 0.125 e. The minimum atomic E-state index is -0.242. The van der Waals surface area contributed by atoms with Crippen molar-refractivity contribution in [1.29, 1.82) is 0 Å². The van der Waals surface area contributed by atoms with Gasteiger partial charge in [0.2, 0.25) is 0 Å². The van der Waals surface area contributed by atoms with Gasteiger partial charge < -0.3 is 10.2 Å². The molecular weight excluding hydrogens is 306 g/mol. The molecule has 1 saturated heterocycles. The maximum Gasteiger partial charge on any atom is 0.125 e. The minimum Gasteiger partial charge on any atom is -0.337 e. The Bertz CT molecular complexity index is 692. The number of hydrogen-bond acceptors (Lipinski definition) is 2. The summed E-state index contributed by atoms with van der Waals surface area (Å²) in [5.74, 6) is -0.194. The number of piperidine rings is 1. The van der Waals surface area contributed by atoms with Crippen LogP contribution in [-0.4, -0.2) is 19.1 Å². The molecule has 1 N–H and O–H groups in total. The van der Waals surface area contributed by atoms with Crippen LogP contribution in [0.25, 0.3) is 0 Å². The van der Waals surface area contributed by atoms with Gasteiger partial charge in [-0.1, -0.05) is 6.07 Å². The maximum absolute atomic E-state index is 13.6. The van der Waals surface area contributed by atoms with E-state index < -0.39 is 0 Å². The van der Waals surface area contributed by atoms with Crippen LogP contribution in [-0.2, 0) is 0 Å². The van der Waals surface area contributed by atoms with Crippen molar-refractivity contribution in [2.24, 2.45) is 0 Å². The number of nitrogens with zero attached hydrogens (tertiary/aromatic N) is 1. The molecule has 0 aromatic heterocycles. The van der Waals surface area contributed by atoms with E-state index in [1.807, 2.05) is 12.1 Å². The Kier molecular flexibility index (Phi) is 4.06. The van der Waals surface area contributed by atoms with E-state index in [4.69, 9.17) is 0 Å². The highest BCUT2D eigenvalue weighted by Crippen LogP contribution is 2.47. The Morgan fingerprint density at radius 2 is 1.86 bits per heavy atom. The van der Waals surface area contributed by atoms with E-state index in [-0.39, 0.29) is 36.0 Å². The first-order valence-electron chi connectivity index (χ1n) is 7.29. The summed E-state index contributed by atoms with van der Waals surface area (Å²) in [6.45, 7) is 1.77. The number of anilines is 2. The van der Waals surface area contributed by atoms with Gasteiger partial charge in [-0.3, -0.25) is 0 Å². The third-order valence-corrected chi connectivity index (χ3v) is 4.51. The average Bonchev–Trinajstić information content (AvgIpc) is 2.81. The average molecular weight is 323 g/mol. The number of benzene rings is 2. The van der Waals surface area contributed by atoms with E-state index >= 15 is 0 Å². The summed E-state index contributed by atoms with van der Waals surface area (Å²) in [5, 5.41) is 3.38. The van der Waals surface area contributed by atoms with Crippen molar-refractivity contribution in [2.45, 2.75) is 18.4 Å². The molecule has 4 rings (SSSR count). The van der Waals surface area contributed by atoms with Gasteiger partial charge in [0, 0.05) is 29.9 Å². The molecule has 2 heterocycles. The molecule has 2 aliphatic rings. The standard InChI is InChI=1S/C17H16F2N2.ClH/c18-11-2-1-3-13(8-11)21-16-5-4-12(19)9-14(16)15-10-20-7-6-17(15)21;/h1-5,8-9,15,17,20H,6-7,10H2;1H/t15-,17+;/m0./s1. The zero-order valence-electron chi connectivity index (χ0n) is 11.9. The molecule has 0 amide bonds.